The number of hydrogen-bond acceptors (Lipinski definition) is 3. The summed E-state index contributed by atoms with van der Waals surface area (Å²) in [5, 5.41) is 0. The predicted molar refractivity (Wildman–Crippen MR) is 101 cm³/mol. The van der Waals surface area contributed by atoms with Crippen LogP contribution >= 0.6 is 0 Å². The standard InChI is InChI=1S/C20H23FN2O3S/c1-16-4-2-5-17(14-16)8-9-20(24)22-10-12-23(13-11-22)27(25,26)19-7-3-6-18(21)15-19/h2-7,14-15H,8-13H2,1H3. The fraction of sp³-hybridized carbons (Fsp3) is 0.350. The molecule has 0 aromatic heterocycles. The molecule has 0 spiro atoms. The first-order valence-electron chi connectivity index (χ1n) is 8.95. The van der Waals surface area contributed by atoms with Gasteiger partial charge < -0.3 is 4.90 Å². The molecule has 1 saturated heterocycles. The Labute approximate surface area is 159 Å². The summed E-state index contributed by atoms with van der Waals surface area (Å²) in [4.78, 5) is 14.1. The van der Waals surface area contributed by atoms with Gasteiger partial charge in [-0.2, -0.15) is 4.31 Å². The summed E-state index contributed by atoms with van der Waals surface area (Å²) in [6.07, 6.45) is 1.07. The van der Waals surface area contributed by atoms with Gasteiger partial charge in [0.05, 0.1) is 4.90 Å². The number of sulfonamides is 1. The number of piperazine rings is 1. The predicted octanol–water partition coefficient (Wildman–Crippen LogP) is 2.60. The maximum absolute atomic E-state index is 13.3. The van der Waals surface area contributed by atoms with Gasteiger partial charge in [0.2, 0.25) is 15.9 Å². The van der Waals surface area contributed by atoms with Crippen LogP contribution in [0, 0.1) is 12.7 Å². The summed E-state index contributed by atoms with van der Waals surface area (Å²) in [5.41, 5.74) is 2.28. The Bertz CT molecular complexity index is 922. The van der Waals surface area contributed by atoms with Crippen molar-refractivity contribution in [3.8, 4) is 0 Å². The van der Waals surface area contributed by atoms with Crippen LogP contribution in [-0.4, -0.2) is 49.7 Å². The van der Waals surface area contributed by atoms with Gasteiger partial charge in [-0.25, -0.2) is 12.8 Å². The highest BCUT2D eigenvalue weighted by Crippen LogP contribution is 2.19. The topological polar surface area (TPSA) is 57.7 Å². The highest BCUT2D eigenvalue weighted by Gasteiger charge is 2.30. The fourth-order valence-electron chi connectivity index (χ4n) is 3.23. The number of hydrogen-bond donors (Lipinski definition) is 0. The van der Waals surface area contributed by atoms with Crippen molar-refractivity contribution in [3.05, 3.63) is 65.5 Å². The second-order valence-electron chi connectivity index (χ2n) is 6.73. The largest absolute Gasteiger partial charge is 0.340 e. The molecule has 144 valence electrons. The van der Waals surface area contributed by atoms with Gasteiger partial charge in [-0.15, -0.1) is 0 Å². The molecular weight excluding hydrogens is 367 g/mol. The van der Waals surface area contributed by atoms with Gasteiger partial charge in [0.15, 0.2) is 0 Å². The lowest BCUT2D eigenvalue weighted by molar-refractivity contribution is -0.132. The van der Waals surface area contributed by atoms with Crippen LogP contribution in [0.5, 0.6) is 0 Å². The van der Waals surface area contributed by atoms with E-state index in [0.29, 0.717) is 25.9 Å². The molecule has 27 heavy (non-hydrogen) atoms. The SMILES string of the molecule is Cc1cccc(CCC(=O)N2CCN(S(=O)(=O)c3cccc(F)c3)CC2)c1. The quantitative estimate of drug-likeness (QED) is 0.789. The van der Waals surface area contributed by atoms with E-state index in [1.165, 1.54) is 22.5 Å². The van der Waals surface area contributed by atoms with Crippen LogP contribution in [0.3, 0.4) is 0 Å². The lowest BCUT2D eigenvalue weighted by Crippen LogP contribution is -2.50. The zero-order chi connectivity index (χ0) is 19.4. The summed E-state index contributed by atoms with van der Waals surface area (Å²) in [7, 11) is -3.74. The molecule has 2 aromatic rings. The van der Waals surface area contributed by atoms with E-state index in [1.54, 1.807) is 4.90 Å². The minimum absolute atomic E-state index is 0.0271. The number of aryl methyl sites for hydroxylation is 2. The normalized spacial score (nSPS) is 15.7. The number of rotatable bonds is 5. The lowest BCUT2D eigenvalue weighted by Gasteiger charge is -2.34. The Morgan fingerprint density at radius 1 is 1.04 bits per heavy atom. The van der Waals surface area contributed by atoms with Gasteiger partial charge >= 0.3 is 0 Å². The maximum Gasteiger partial charge on any atom is 0.243 e. The fourth-order valence-corrected chi connectivity index (χ4v) is 4.69. The van der Waals surface area contributed by atoms with Crippen molar-refractivity contribution in [1.82, 2.24) is 9.21 Å². The van der Waals surface area contributed by atoms with Crippen molar-refractivity contribution in [2.75, 3.05) is 26.2 Å². The molecule has 5 nitrogen and oxygen atoms in total. The second-order valence-corrected chi connectivity index (χ2v) is 8.67. The summed E-state index contributed by atoms with van der Waals surface area (Å²) in [6, 6.07) is 13.1. The highest BCUT2D eigenvalue weighted by atomic mass is 32.2. The third-order valence-corrected chi connectivity index (χ3v) is 6.63. The summed E-state index contributed by atoms with van der Waals surface area (Å²) in [5.74, 6) is -0.555. The molecule has 7 heteroatoms. The third-order valence-electron chi connectivity index (χ3n) is 4.74. The van der Waals surface area contributed by atoms with Crippen LogP contribution in [0.2, 0.25) is 0 Å². The van der Waals surface area contributed by atoms with Crippen LogP contribution in [0.15, 0.2) is 53.4 Å². The highest BCUT2D eigenvalue weighted by molar-refractivity contribution is 7.89. The first kappa shape index (κ1) is 19.5. The number of amides is 1. The monoisotopic (exact) mass is 390 g/mol. The smallest absolute Gasteiger partial charge is 0.243 e. The Hall–Kier alpha value is -2.25. The zero-order valence-corrected chi connectivity index (χ0v) is 16.1. The Kier molecular flexibility index (Phi) is 5.92. The van der Waals surface area contributed by atoms with E-state index in [4.69, 9.17) is 0 Å². The Balaban J connectivity index is 1.56. The average molecular weight is 390 g/mol. The number of nitrogens with zero attached hydrogens (tertiary/aromatic N) is 2. The molecule has 0 radical (unpaired) electrons. The van der Waals surface area contributed by atoms with E-state index >= 15 is 0 Å². The van der Waals surface area contributed by atoms with E-state index < -0.39 is 15.8 Å². The molecular formula is C20H23FN2O3S. The van der Waals surface area contributed by atoms with Gasteiger partial charge in [-0.05, 0) is 37.1 Å². The molecule has 1 aliphatic rings. The molecule has 2 aromatic carbocycles. The maximum atomic E-state index is 13.3. The van der Waals surface area contributed by atoms with Gasteiger partial charge in [-0.1, -0.05) is 35.9 Å². The first-order valence-corrected chi connectivity index (χ1v) is 10.4. The van der Waals surface area contributed by atoms with Crippen molar-refractivity contribution < 1.29 is 17.6 Å². The third kappa shape index (κ3) is 4.73. The molecule has 0 atom stereocenters. The van der Waals surface area contributed by atoms with Crippen LogP contribution in [0.1, 0.15) is 17.5 Å². The van der Waals surface area contributed by atoms with Crippen molar-refractivity contribution in [2.45, 2.75) is 24.7 Å². The van der Waals surface area contributed by atoms with Crippen molar-refractivity contribution in [2.24, 2.45) is 0 Å². The van der Waals surface area contributed by atoms with Gasteiger partial charge in [-0.3, -0.25) is 4.79 Å². The van der Waals surface area contributed by atoms with E-state index in [0.717, 1.165) is 17.2 Å². The van der Waals surface area contributed by atoms with Crippen LogP contribution < -0.4 is 0 Å². The van der Waals surface area contributed by atoms with Crippen LogP contribution in [0.25, 0.3) is 0 Å². The number of carbonyl (C=O) groups is 1. The average Bonchev–Trinajstić information content (AvgIpc) is 2.66. The van der Waals surface area contributed by atoms with Gasteiger partial charge in [0.1, 0.15) is 5.82 Å². The summed E-state index contributed by atoms with van der Waals surface area (Å²) >= 11 is 0. The zero-order valence-electron chi connectivity index (χ0n) is 15.3. The number of carbonyl (C=O) groups excluding carboxylic acids is 1. The second kappa shape index (κ2) is 8.19. The number of halogens is 1. The molecule has 1 amide bonds. The summed E-state index contributed by atoms with van der Waals surface area (Å²) < 4.78 is 39.9. The molecule has 0 saturated carbocycles. The molecule has 0 N–H and O–H groups in total. The Morgan fingerprint density at radius 2 is 1.74 bits per heavy atom. The lowest BCUT2D eigenvalue weighted by atomic mass is 10.1. The molecule has 1 aliphatic heterocycles. The van der Waals surface area contributed by atoms with E-state index in [2.05, 4.69) is 6.07 Å². The molecule has 1 heterocycles. The van der Waals surface area contributed by atoms with Gasteiger partial charge in [0.25, 0.3) is 0 Å². The van der Waals surface area contributed by atoms with E-state index in [1.807, 2.05) is 25.1 Å². The molecule has 3 rings (SSSR count). The summed E-state index contributed by atoms with van der Waals surface area (Å²) in [6.45, 7) is 3.15. The van der Waals surface area contributed by atoms with Crippen molar-refractivity contribution in [1.29, 1.82) is 0 Å². The molecule has 0 unspecified atom stereocenters. The van der Waals surface area contributed by atoms with E-state index in [9.17, 15) is 17.6 Å². The van der Waals surface area contributed by atoms with Crippen LogP contribution in [-0.2, 0) is 21.2 Å². The molecule has 1 fully saturated rings. The molecule has 0 aliphatic carbocycles. The minimum atomic E-state index is -3.74. The minimum Gasteiger partial charge on any atom is -0.340 e. The van der Waals surface area contributed by atoms with Gasteiger partial charge in [0, 0.05) is 32.6 Å². The van der Waals surface area contributed by atoms with E-state index in [-0.39, 0.29) is 23.9 Å². The van der Waals surface area contributed by atoms with Crippen molar-refractivity contribution in [3.63, 3.8) is 0 Å². The van der Waals surface area contributed by atoms with Crippen molar-refractivity contribution >= 4 is 15.9 Å². The number of benzene rings is 2. The first-order chi connectivity index (χ1) is 12.9. The Morgan fingerprint density at radius 3 is 2.41 bits per heavy atom. The van der Waals surface area contributed by atoms with Crippen LogP contribution in [0.4, 0.5) is 4.39 Å². The molecule has 0 bridgehead atoms.